The number of carbonyl (C=O) groups is 1. The summed E-state index contributed by atoms with van der Waals surface area (Å²) in [7, 11) is 2.07. The molecule has 1 fully saturated rings. The molecule has 3 aromatic rings. The van der Waals surface area contributed by atoms with Crippen molar-refractivity contribution in [1.82, 2.24) is 14.4 Å². The summed E-state index contributed by atoms with van der Waals surface area (Å²) < 4.78 is 16.1. The minimum Gasteiger partial charge on any atom is -0.335 e. The quantitative estimate of drug-likeness (QED) is 0.725. The fourth-order valence-corrected chi connectivity index (χ4v) is 3.53. The molecule has 1 aliphatic heterocycles. The van der Waals surface area contributed by atoms with E-state index < -0.39 is 0 Å². The molecule has 5 heteroatoms. The summed E-state index contributed by atoms with van der Waals surface area (Å²) in [6.07, 6.45) is 0. The molecule has 134 valence electrons. The van der Waals surface area contributed by atoms with E-state index in [0.717, 1.165) is 37.1 Å². The van der Waals surface area contributed by atoms with Gasteiger partial charge >= 0.3 is 0 Å². The fourth-order valence-electron chi connectivity index (χ4n) is 3.53. The van der Waals surface area contributed by atoms with Crippen LogP contribution in [0, 0.1) is 5.82 Å². The lowest BCUT2D eigenvalue weighted by atomic mass is 10.2. The molecule has 4 rings (SSSR count). The van der Waals surface area contributed by atoms with E-state index in [1.165, 1.54) is 6.07 Å². The Bertz CT molecular complexity index is 941. The molecule has 0 saturated carbocycles. The van der Waals surface area contributed by atoms with Crippen molar-refractivity contribution >= 4 is 16.8 Å². The topological polar surface area (TPSA) is 28.5 Å². The Balaban J connectivity index is 1.74. The van der Waals surface area contributed by atoms with E-state index in [1.54, 1.807) is 12.1 Å². The minimum absolute atomic E-state index is 0.0191. The maximum atomic E-state index is 14.2. The summed E-state index contributed by atoms with van der Waals surface area (Å²) in [6, 6.07) is 16.6. The van der Waals surface area contributed by atoms with E-state index >= 15 is 0 Å². The van der Waals surface area contributed by atoms with Gasteiger partial charge in [0.15, 0.2) is 0 Å². The summed E-state index contributed by atoms with van der Waals surface area (Å²) in [5.74, 6) is -0.228. The van der Waals surface area contributed by atoms with E-state index in [4.69, 9.17) is 0 Å². The number of piperazine rings is 1. The number of carbonyl (C=O) groups excluding carboxylic acids is 1. The molecule has 1 amide bonds. The maximum Gasteiger partial charge on any atom is 0.270 e. The van der Waals surface area contributed by atoms with Crippen molar-refractivity contribution in [2.24, 2.45) is 0 Å². The SMILES string of the molecule is CN1CCN(C(=O)c2cc3ccccc3n2Cc2ccccc2F)CC1. The lowest BCUT2D eigenvalue weighted by molar-refractivity contribution is 0.0654. The van der Waals surface area contributed by atoms with Gasteiger partial charge in [-0.2, -0.15) is 0 Å². The van der Waals surface area contributed by atoms with E-state index in [-0.39, 0.29) is 11.7 Å². The highest BCUT2D eigenvalue weighted by atomic mass is 19.1. The first-order chi connectivity index (χ1) is 12.6. The smallest absolute Gasteiger partial charge is 0.270 e. The zero-order valence-corrected chi connectivity index (χ0v) is 14.9. The second-order valence-electron chi connectivity index (χ2n) is 6.86. The molecule has 1 saturated heterocycles. The average Bonchev–Trinajstić information content (AvgIpc) is 3.02. The number of fused-ring (bicyclic) bond motifs is 1. The molecule has 0 aliphatic carbocycles. The van der Waals surface area contributed by atoms with Crippen LogP contribution >= 0.6 is 0 Å². The van der Waals surface area contributed by atoms with Crippen molar-refractivity contribution in [3.05, 3.63) is 71.7 Å². The molecular weight excluding hydrogens is 329 g/mol. The molecule has 2 heterocycles. The summed E-state index contributed by atoms with van der Waals surface area (Å²) in [5.41, 5.74) is 2.16. The predicted molar refractivity (Wildman–Crippen MR) is 101 cm³/mol. The van der Waals surface area contributed by atoms with Crippen LogP contribution in [0.5, 0.6) is 0 Å². The van der Waals surface area contributed by atoms with Crippen molar-refractivity contribution in [3.63, 3.8) is 0 Å². The van der Waals surface area contributed by atoms with Gasteiger partial charge in [-0.1, -0.05) is 36.4 Å². The summed E-state index contributed by atoms with van der Waals surface area (Å²) in [4.78, 5) is 17.3. The Morgan fingerprint density at radius 1 is 1.00 bits per heavy atom. The fraction of sp³-hybridized carbons (Fsp3) is 0.286. The van der Waals surface area contributed by atoms with E-state index in [1.807, 2.05) is 45.9 Å². The van der Waals surface area contributed by atoms with E-state index in [0.29, 0.717) is 17.8 Å². The Labute approximate surface area is 152 Å². The largest absolute Gasteiger partial charge is 0.335 e. The molecule has 1 aromatic heterocycles. The first kappa shape index (κ1) is 16.8. The molecule has 0 atom stereocenters. The van der Waals surface area contributed by atoms with Gasteiger partial charge in [0.25, 0.3) is 5.91 Å². The maximum absolute atomic E-state index is 14.2. The molecule has 1 aliphatic rings. The summed E-state index contributed by atoms with van der Waals surface area (Å²) in [6.45, 7) is 3.53. The molecule has 0 N–H and O–H groups in total. The third-order valence-corrected chi connectivity index (χ3v) is 5.11. The average molecular weight is 351 g/mol. The number of para-hydroxylation sites is 1. The second-order valence-corrected chi connectivity index (χ2v) is 6.86. The van der Waals surface area contributed by atoms with Gasteiger partial charge in [-0.05, 0) is 25.2 Å². The third-order valence-electron chi connectivity index (χ3n) is 5.11. The minimum atomic E-state index is -0.247. The highest BCUT2D eigenvalue weighted by Gasteiger charge is 2.24. The van der Waals surface area contributed by atoms with Gasteiger partial charge in [0, 0.05) is 42.6 Å². The van der Waals surface area contributed by atoms with Crippen molar-refractivity contribution < 1.29 is 9.18 Å². The van der Waals surface area contributed by atoms with Crippen LogP contribution in [0.1, 0.15) is 16.1 Å². The summed E-state index contributed by atoms with van der Waals surface area (Å²) >= 11 is 0. The van der Waals surface area contributed by atoms with Gasteiger partial charge in [0.05, 0.1) is 6.54 Å². The number of amides is 1. The van der Waals surface area contributed by atoms with Crippen molar-refractivity contribution in [3.8, 4) is 0 Å². The molecule has 0 bridgehead atoms. The summed E-state index contributed by atoms with van der Waals surface area (Å²) in [5, 5.41) is 1.00. The number of hydrogen-bond acceptors (Lipinski definition) is 2. The molecule has 26 heavy (non-hydrogen) atoms. The predicted octanol–water partition coefficient (Wildman–Crippen LogP) is 3.22. The van der Waals surface area contributed by atoms with Crippen molar-refractivity contribution in [2.75, 3.05) is 33.2 Å². The highest BCUT2D eigenvalue weighted by Crippen LogP contribution is 2.23. The lowest BCUT2D eigenvalue weighted by Crippen LogP contribution is -2.47. The van der Waals surface area contributed by atoms with Gasteiger partial charge in [0.1, 0.15) is 11.5 Å². The van der Waals surface area contributed by atoms with Gasteiger partial charge in [-0.15, -0.1) is 0 Å². The number of aromatic nitrogens is 1. The molecule has 2 aromatic carbocycles. The number of benzene rings is 2. The molecule has 0 unspecified atom stereocenters. The standard InChI is InChI=1S/C21H22FN3O/c1-23-10-12-24(13-11-23)21(26)20-14-16-6-3-5-9-19(16)25(20)15-17-7-2-4-8-18(17)22/h2-9,14H,10-13,15H2,1H3. The van der Waals surface area contributed by atoms with Crippen LogP contribution in [0.2, 0.25) is 0 Å². The third kappa shape index (κ3) is 3.10. The molecule has 4 nitrogen and oxygen atoms in total. The van der Waals surface area contributed by atoms with Crippen LogP contribution in [0.3, 0.4) is 0 Å². The lowest BCUT2D eigenvalue weighted by Gasteiger charge is -2.32. The Kier molecular flexibility index (Phi) is 4.47. The van der Waals surface area contributed by atoms with Gasteiger partial charge in [-0.25, -0.2) is 4.39 Å². The second kappa shape index (κ2) is 6.92. The van der Waals surface area contributed by atoms with E-state index in [9.17, 15) is 9.18 Å². The van der Waals surface area contributed by atoms with Crippen LogP contribution in [0.15, 0.2) is 54.6 Å². The van der Waals surface area contributed by atoms with E-state index in [2.05, 4.69) is 11.9 Å². The first-order valence-electron chi connectivity index (χ1n) is 8.93. The molecule has 0 spiro atoms. The number of rotatable bonds is 3. The van der Waals surface area contributed by atoms with Crippen molar-refractivity contribution in [2.45, 2.75) is 6.54 Å². The number of likely N-dealkylation sites (N-methyl/N-ethyl adjacent to an activating group) is 1. The number of halogens is 1. The monoisotopic (exact) mass is 351 g/mol. The van der Waals surface area contributed by atoms with Crippen LogP contribution in [0.25, 0.3) is 10.9 Å². The molecular formula is C21H22FN3O. The number of hydrogen-bond donors (Lipinski definition) is 0. The Hall–Kier alpha value is -2.66. The highest BCUT2D eigenvalue weighted by molar-refractivity contribution is 5.99. The normalized spacial score (nSPS) is 15.5. The van der Waals surface area contributed by atoms with Gasteiger partial charge in [0.2, 0.25) is 0 Å². The zero-order valence-electron chi connectivity index (χ0n) is 14.9. The van der Waals surface area contributed by atoms with Crippen LogP contribution < -0.4 is 0 Å². The molecule has 0 radical (unpaired) electrons. The van der Waals surface area contributed by atoms with Crippen LogP contribution in [0.4, 0.5) is 4.39 Å². The first-order valence-corrected chi connectivity index (χ1v) is 8.93. The Morgan fingerprint density at radius 2 is 1.69 bits per heavy atom. The van der Waals surface area contributed by atoms with Gasteiger partial charge in [-0.3, -0.25) is 4.79 Å². The van der Waals surface area contributed by atoms with Gasteiger partial charge < -0.3 is 14.4 Å². The van der Waals surface area contributed by atoms with Crippen molar-refractivity contribution in [1.29, 1.82) is 0 Å². The Morgan fingerprint density at radius 3 is 2.46 bits per heavy atom. The zero-order chi connectivity index (χ0) is 18.1. The number of nitrogens with zero attached hydrogens (tertiary/aromatic N) is 3. The van der Waals surface area contributed by atoms with Crippen LogP contribution in [-0.2, 0) is 6.54 Å². The van der Waals surface area contributed by atoms with Crippen LogP contribution in [-0.4, -0.2) is 53.5 Å².